The van der Waals surface area contributed by atoms with Crippen molar-refractivity contribution in [3.05, 3.63) is 70.4 Å². The number of halogens is 3. The maximum atomic E-state index is 14.4. The Bertz CT molecular complexity index is 1420. The van der Waals surface area contributed by atoms with Crippen LogP contribution in [0.15, 0.2) is 35.6 Å². The molecule has 2 aliphatic rings. The lowest BCUT2D eigenvalue weighted by Crippen LogP contribution is -2.58. The molecule has 4 heterocycles. The fourth-order valence-electron chi connectivity index (χ4n) is 4.43. The van der Waals surface area contributed by atoms with E-state index in [1.54, 1.807) is 13.8 Å². The van der Waals surface area contributed by atoms with Crippen molar-refractivity contribution in [3.8, 4) is 11.6 Å². The number of carbonyl (C=O) groups is 2. The Balaban J connectivity index is 1.26. The van der Waals surface area contributed by atoms with Crippen molar-refractivity contribution >= 4 is 18.2 Å². The summed E-state index contributed by atoms with van der Waals surface area (Å²) in [4.78, 5) is 29.9. The lowest BCUT2D eigenvalue weighted by atomic mass is 10.0. The summed E-state index contributed by atoms with van der Waals surface area (Å²) in [6.07, 6.45) is 2.23. The standard InChI is InChI=1S/C24H21F3N6O4/c1-12-22(23(34)35)13(2)32(30-12)21-8-20(18(27)9-28-21)37-17-10-31(11-17)24(36)33-19(3-4-29-33)14-5-15(25)7-16(26)6-14/h4-9,17,19H,3,10-11H2,1-2H3,(H,34,35)/t19-/m0/s1. The third-order valence-corrected chi connectivity index (χ3v) is 6.24. The van der Waals surface area contributed by atoms with Crippen LogP contribution in [0.4, 0.5) is 18.0 Å². The lowest BCUT2D eigenvalue weighted by Gasteiger charge is -2.41. The second kappa shape index (κ2) is 9.22. The van der Waals surface area contributed by atoms with Crippen LogP contribution in [0.5, 0.6) is 5.75 Å². The SMILES string of the molecule is Cc1nn(-c2cc(OC3CN(C(=O)N4N=CC[C@H]4c4cc(F)cc(F)c4)C3)c(F)cn2)c(C)c1C(=O)O. The number of carbonyl (C=O) groups excluding carboxylic acids is 1. The summed E-state index contributed by atoms with van der Waals surface area (Å²) < 4.78 is 48.8. The normalized spacial score (nSPS) is 17.3. The van der Waals surface area contributed by atoms with Gasteiger partial charge in [-0.3, -0.25) is 0 Å². The molecular weight excluding hydrogens is 493 g/mol. The number of pyridine rings is 1. The van der Waals surface area contributed by atoms with Gasteiger partial charge in [0.25, 0.3) is 0 Å². The van der Waals surface area contributed by atoms with Gasteiger partial charge in [0, 0.05) is 24.8 Å². The van der Waals surface area contributed by atoms with Crippen molar-refractivity contribution in [1.82, 2.24) is 24.7 Å². The minimum atomic E-state index is -1.13. The number of ether oxygens (including phenoxy) is 1. The van der Waals surface area contributed by atoms with Gasteiger partial charge in [0.2, 0.25) is 0 Å². The second-order valence-corrected chi connectivity index (χ2v) is 8.76. The molecule has 0 saturated carbocycles. The quantitative estimate of drug-likeness (QED) is 0.557. The van der Waals surface area contributed by atoms with E-state index in [-0.39, 0.29) is 35.9 Å². The van der Waals surface area contributed by atoms with E-state index in [2.05, 4.69) is 15.2 Å². The van der Waals surface area contributed by atoms with Gasteiger partial charge in [-0.1, -0.05) is 0 Å². The van der Waals surface area contributed by atoms with Crippen LogP contribution in [-0.4, -0.2) is 67.2 Å². The Hall–Kier alpha value is -4.42. The molecule has 0 radical (unpaired) electrons. The summed E-state index contributed by atoms with van der Waals surface area (Å²) in [6.45, 7) is 3.38. The van der Waals surface area contributed by atoms with Gasteiger partial charge in [-0.2, -0.15) is 10.2 Å². The summed E-state index contributed by atoms with van der Waals surface area (Å²) in [6, 6.07) is 3.28. The number of amides is 2. The third-order valence-electron chi connectivity index (χ3n) is 6.24. The Morgan fingerprint density at radius 3 is 2.43 bits per heavy atom. The molecule has 1 N–H and O–H groups in total. The predicted octanol–water partition coefficient (Wildman–Crippen LogP) is 3.62. The maximum Gasteiger partial charge on any atom is 0.341 e. The zero-order valence-electron chi connectivity index (χ0n) is 19.7. The zero-order valence-corrected chi connectivity index (χ0v) is 19.7. The van der Waals surface area contributed by atoms with Gasteiger partial charge in [0.1, 0.15) is 23.3 Å². The van der Waals surface area contributed by atoms with Crippen molar-refractivity contribution in [2.24, 2.45) is 5.10 Å². The van der Waals surface area contributed by atoms with Crippen molar-refractivity contribution < 1.29 is 32.6 Å². The monoisotopic (exact) mass is 514 g/mol. The van der Waals surface area contributed by atoms with Crippen LogP contribution in [0.1, 0.15) is 39.8 Å². The average Bonchev–Trinajstić information content (AvgIpc) is 3.40. The van der Waals surface area contributed by atoms with E-state index in [1.807, 2.05) is 0 Å². The van der Waals surface area contributed by atoms with Gasteiger partial charge in [0.05, 0.1) is 36.7 Å². The number of aromatic nitrogens is 3. The molecule has 0 unspecified atom stereocenters. The molecular formula is C24H21F3N6O4. The number of benzene rings is 1. The van der Waals surface area contributed by atoms with E-state index in [0.29, 0.717) is 17.7 Å². The summed E-state index contributed by atoms with van der Waals surface area (Å²) in [7, 11) is 0. The Morgan fingerprint density at radius 2 is 1.78 bits per heavy atom. The molecule has 1 saturated heterocycles. The smallest absolute Gasteiger partial charge is 0.341 e. The van der Waals surface area contributed by atoms with Crippen LogP contribution >= 0.6 is 0 Å². The number of aryl methyl sites for hydroxylation is 1. The highest BCUT2D eigenvalue weighted by Gasteiger charge is 2.39. The average molecular weight is 514 g/mol. The van der Waals surface area contributed by atoms with Crippen molar-refractivity contribution in [2.75, 3.05) is 13.1 Å². The number of urea groups is 1. The number of likely N-dealkylation sites (tertiary alicyclic amines) is 1. The molecule has 192 valence electrons. The molecule has 5 rings (SSSR count). The summed E-state index contributed by atoms with van der Waals surface area (Å²) in [5, 5.41) is 18.8. The van der Waals surface area contributed by atoms with E-state index >= 15 is 0 Å². The number of aromatic carboxylic acids is 1. The molecule has 0 spiro atoms. The Kier molecular flexibility index (Phi) is 6.05. The minimum absolute atomic E-state index is 0.0330. The van der Waals surface area contributed by atoms with Crippen LogP contribution in [0.3, 0.4) is 0 Å². The van der Waals surface area contributed by atoms with Gasteiger partial charge >= 0.3 is 12.0 Å². The summed E-state index contributed by atoms with van der Waals surface area (Å²) >= 11 is 0. The molecule has 2 amide bonds. The van der Waals surface area contributed by atoms with E-state index in [1.165, 1.54) is 26.9 Å². The number of carboxylic acid groups (broad SMARTS) is 1. The van der Waals surface area contributed by atoms with Crippen LogP contribution < -0.4 is 4.74 Å². The molecule has 0 bridgehead atoms. The highest BCUT2D eigenvalue weighted by atomic mass is 19.1. The number of hydrazone groups is 1. The fourth-order valence-corrected chi connectivity index (χ4v) is 4.43. The molecule has 1 atom stereocenters. The first-order valence-electron chi connectivity index (χ1n) is 11.3. The van der Waals surface area contributed by atoms with Gasteiger partial charge in [0.15, 0.2) is 17.4 Å². The second-order valence-electron chi connectivity index (χ2n) is 8.76. The third kappa shape index (κ3) is 4.47. The molecule has 10 nitrogen and oxygen atoms in total. The van der Waals surface area contributed by atoms with E-state index in [0.717, 1.165) is 24.4 Å². The van der Waals surface area contributed by atoms with Gasteiger partial charge in [-0.15, -0.1) is 0 Å². The molecule has 1 aromatic carbocycles. The Labute approximate surface area is 208 Å². The van der Waals surface area contributed by atoms with Crippen LogP contribution in [-0.2, 0) is 0 Å². The molecule has 2 aromatic heterocycles. The molecule has 37 heavy (non-hydrogen) atoms. The van der Waals surface area contributed by atoms with Gasteiger partial charge in [-0.25, -0.2) is 37.4 Å². The maximum absolute atomic E-state index is 14.4. The fraction of sp³-hybridized carbons (Fsp3) is 0.292. The Morgan fingerprint density at radius 1 is 1.08 bits per heavy atom. The van der Waals surface area contributed by atoms with Crippen molar-refractivity contribution in [1.29, 1.82) is 0 Å². The molecule has 13 heteroatoms. The van der Waals surface area contributed by atoms with Crippen LogP contribution in [0.2, 0.25) is 0 Å². The first kappa shape index (κ1) is 24.3. The van der Waals surface area contributed by atoms with Gasteiger partial charge < -0.3 is 14.7 Å². The highest BCUT2D eigenvalue weighted by Crippen LogP contribution is 2.32. The van der Waals surface area contributed by atoms with E-state index in [9.17, 15) is 27.9 Å². The van der Waals surface area contributed by atoms with E-state index in [4.69, 9.17) is 4.74 Å². The summed E-state index contributed by atoms with van der Waals surface area (Å²) in [5.41, 5.74) is 0.939. The number of hydrogen-bond donors (Lipinski definition) is 1. The lowest BCUT2D eigenvalue weighted by molar-refractivity contribution is 0.0256. The number of nitrogens with zero attached hydrogens (tertiary/aromatic N) is 6. The number of hydrogen-bond acceptors (Lipinski definition) is 6. The van der Waals surface area contributed by atoms with Crippen molar-refractivity contribution in [2.45, 2.75) is 32.4 Å². The topological polar surface area (TPSA) is 113 Å². The highest BCUT2D eigenvalue weighted by molar-refractivity contribution is 5.90. The van der Waals surface area contributed by atoms with Crippen molar-refractivity contribution in [3.63, 3.8) is 0 Å². The predicted molar refractivity (Wildman–Crippen MR) is 123 cm³/mol. The zero-order chi connectivity index (χ0) is 26.4. The number of rotatable bonds is 5. The van der Waals surface area contributed by atoms with E-state index < -0.39 is 41.6 Å². The van der Waals surface area contributed by atoms with Crippen LogP contribution in [0, 0.1) is 31.3 Å². The molecule has 0 aliphatic carbocycles. The minimum Gasteiger partial charge on any atom is -0.483 e. The molecule has 3 aromatic rings. The first-order chi connectivity index (χ1) is 17.6. The largest absolute Gasteiger partial charge is 0.483 e. The molecule has 1 fully saturated rings. The van der Waals surface area contributed by atoms with Crippen LogP contribution in [0.25, 0.3) is 5.82 Å². The number of carboxylic acids is 1. The van der Waals surface area contributed by atoms with Gasteiger partial charge in [-0.05, 0) is 31.5 Å². The molecule has 2 aliphatic heterocycles. The summed E-state index contributed by atoms with van der Waals surface area (Å²) in [5.74, 6) is -3.31. The first-order valence-corrected chi connectivity index (χ1v) is 11.3.